The lowest BCUT2D eigenvalue weighted by Gasteiger charge is -1.98. The molecule has 0 radical (unpaired) electrons. The Morgan fingerprint density at radius 1 is 1.37 bits per heavy atom. The molecule has 19 heavy (non-hydrogen) atoms. The maximum Gasteiger partial charge on any atom is 0.355 e. The standard InChI is InChI=1S/C14H16N2O2S/c1-2-3-9-11-15-12(14(17)18)13(16-11)19-10-7-5-4-6-8-10/h4-8H,2-3,9H2,1H3,(H,15,16)(H,17,18). The van der Waals surface area contributed by atoms with E-state index in [9.17, 15) is 9.90 Å². The van der Waals surface area contributed by atoms with Gasteiger partial charge >= 0.3 is 5.97 Å². The van der Waals surface area contributed by atoms with Crippen LogP contribution in [0.25, 0.3) is 0 Å². The molecule has 0 unspecified atom stereocenters. The molecule has 2 N–H and O–H groups in total. The van der Waals surface area contributed by atoms with Crippen LogP contribution in [0.4, 0.5) is 0 Å². The molecule has 0 aliphatic carbocycles. The van der Waals surface area contributed by atoms with Gasteiger partial charge in [-0.15, -0.1) is 0 Å². The Hall–Kier alpha value is -1.75. The van der Waals surface area contributed by atoms with E-state index in [0.717, 1.165) is 30.0 Å². The molecule has 0 atom stereocenters. The summed E-state index contributed by atoms with van der Waals surface area (Å²) in [5, 5.41) is 9.73. The molecule has 1 aromatic carbocycles. The van der Waals surface area contributed by atoms with Crippen LogP contribution < -0.4 is 0 Å². The number of rotatable bonds is 6. The van der Waals surface area contributed by atoms with Crippen molar-refractivity contribution in [2.24, 2.45) is 0 Å². The zero-order chi connectivity index (χ0) is 13.7. The third kappa shape index (κ3) is 3.61. The highest BCUT2D eigenvalue weighted by atomic mass is 32.2. The average molecular weight is 276 g/mol. The fourth-order valence-corrected chi connectivity index (χ4v) is 2.60. The van der Waals surface area contributed by atoms with Gasteiger partial charge in [0.2, 0.25) is 0 Å². The van der Waals surface area contributed by atoms with Crippen LogP contribution in [0.1, 0.15) is 36.1 Å². The Bertz CT molecular complexity index is 552. The van der Waals surface area contributed by atoms with Crippen molar-refractivity contribution >= 4 is 17.7 Å². The van der Waals surface area contributed by atoms with Crippen molar-refractivity contribution in [3.8, 4) is 0 Å². The first-order valence-electron chi connectivity index (χ1n) is 6.25. The molecule has 2 rings (SSSR count). The predicted molar refractivity (Wildman–Crippen MR) is 74.7 cm³/mol. The minimum atomic E-state index is -0.964. The minimum absolute atomic E-state index is 0.181. The first kappa shape index (κ1) is 13.7. The highest BCUT2D eigenvalue weighted by Gasteiger charge is 2.17. The molecule has 0 saturated heterocycles. The van der Waals surface area contributed by atoms with Gasteiger partial charge in [-0.25, -0.2) is 9.78 Å². The smallest absolute Gasteiger partial charge is 0.355 e. The number of aromatic nitrogens is 2. The normalized spacial score (nSPS) is 10.6. The number of H-pyrrole nitrogens is 1. The van der Waals surface area contributed by atoms with E-state index in [2.05, 4.69) is 16.9 Å². The molecular formula is C14H16N2O2S. The third-order valence-electron chi connectivity index (χ3n) is 2.66. The second kappa shape index (κ2) is 6.43. The maximum absolute atomic E-state index is 11.2. The second-order valence-electron chi connectivity index (χ2n) is 4.19. The van der Waals surface area contributed by atoms with Gasteiger partial charge in [0.05, 0.1) is 0 Å². The highest BCUT2D eigenvalue weighted by Crippen LogP contribution is 2.29. The number of carbonyl (C=O) groups is 1. The predicted octanol–water partition coefficient (Wildman–Crippen LogP) is 3.60. The van der Waals surface area contributed by atoms with Gasteiger partial charge in [0.15, 0.2) is 5.69 Å². The van der Waals surface area contributed by atoms with Crippen LogP contribution in [-0.2, 0) is 6.42 Å². The third-order valence-corrected chi connectivity index (χ3v) is 3.66. The van der Waals surface area contributed by atoms with Crippen molar-refractivity contribution in [3.05, 3.63) is 41.9 Å². The number of imidazole rings is 1. The van der Waals surface area contributed by atoms with Crippen molar-refractivity contribution in [2.45, 2.75) is 36.1 Å². The Balaban J connectivity index is 2.22. The molecule has 0 saturated carbocycles. The van der Waals surface area contributed by atoms with Crippen molar-refractivity contribution in [3.63, 3.8) is 0 Å². The maximum atomic E-state index is 11.2. The van der Waals surface area contributed by atoms with Gasteiger partial charge in [-0.3, -0.25) is 0 Å². The summed E-state index contributed by atoms with van der Waals surface area (Å²) in [4.78, 5) is 19.5. The molecular weight excluding hydrogens is 260 g/mol. The number of carboxylic acid groups (broad SMARTS) is 1. The van der Waals surface area contributed by atoms with Crippen molar-refractivity contribution < 1.29 is 9.90 Å². The molecule has 4 nitrogen and oxygen atoms in total. The molecule has 0 spiro atoms. The number of unbranched alkanes of at least 4 members (excludes halogenated alkanes) is 1. The number of hydrogen-bond donors (Lipinski definition) is 2. The van der Waals surface area contributed by atoms with E-state index in [-0.39, 0.29) is 5.69 Å². The molecule has 0 amide bonds. The molecule has 0 aliphatic rings. The Kier molecular flexibility index (Phi) is 4.63. The van der Waals surface area contributed by atoms with Crippen LogP contribution in [0, 0.1) is 0 Å². The summed E-state index contributed by atoms with van der Waals surface area (Å²) >= 11 is 1.37. The monoisotopic (exact) mass is 276 g/mol. The summed E-state index contributed by atoms with van der Waals surface area (Å²) in [5.41, 5.74) is 0.181. The fourth-order valence-electron chi connectivity index (χ4n) is 1.69. The van der Waals surface area contributed by atoms with E-state index in [4.69, 9.17) is 0 Å². The van der Waals surface area contributed by atoms with Crippen molar-refractivity contribution in [2.75, 3.05) is 0 Å². The zero-order valence-corrected chi connectivity index (χ0v) is 11.5. The van der Waals surface area contributed by atoms with Gasteiger partial charge in [-0.1, -0.05) is 43.3 Å². The van der Waals surface area contributed by atoms with E-state index in [0.29, 0.717) is 5.03 Å². The van der Waals surface area contributed by atoms with Gasteiger partial charge in [0.1, 0.15) is 10.9 Å². The van der Waals surface area contributed by atoms with Crippen LogP contribution in [0.2, 0.25) is 0 Å². The first-order chi connectivity index (χ1) is 9.20. The van der Waals surface area contributed by atoms with Crippen LogP contribution in [-0.4, -0.2) is 21.0 Å². The SMILES string of the molecule is CCCCc1nc(Sc2ccccc2)c(C(=O)O)[nH]1. The van der Waals surface area contributed by atoms with Crippen molar-refractivity contribution in [1.82, 2.24) is 9.97 Å². The number of carboxylic acids is 1. The zero-order valence-electron chi connectivity index (χ0n) is 10.7. The van der Waals surface area contributed by atoms with Crippen LogP contribution in [0.5, 0.6) is 0 Å². The number of benzene rings is 1. The summed E-state index contributed by atoms with van der Waals surface area (Å²) in [6, 6.07) is 9.66. The number of nitrogens with one attached hydrogen (secondary N) is 1. The summed E-state index contributed by atoms with van der Waals surface area (Å²) < 4.78 is 0. The number of nitrogens with zero attached hydrogens (tertiary/aromatic N) is 1. The Morgan fingerprint density at radius 3 is 2.74 bits per heavy atom. The molecule has 2 aromatic rings. The van der Waals surface area contributed by atoms with Gasteiger partial charge in [0, 0.05) is 11.3 Å². The molecule has 1 heterocycles. The van der Waals surface area contributed by atoms with Gasteiger partial charge in [0.25, 0.3) is 0 Å². The van der Waals surface area contributed by atoms with Crippen LogP contribution in [0.15, 0.2) is 40.3 Å². The summed E-state index contributed by atoms with van der Waals surface area (Å²) in [7, 11) is 0. The van der Waals surface area contributed by atoms with E-state index >= 15 is 0 Å². The van der Waals surface area contributed by atoms with Crippen LogP contribution >= 0.6 is 11.8 Å². The summed E-state index contributed by atoms with van der Waals surface area (Å²) in [6.07, 6.45) is 2.85. The number of hydrogen-bond acceptors (Lipinski definition) is 3. The van der Waals surface area contributed by atoms with E-state index < -0.39 is 5.97 Å². The average Bonchev–Trinajstić information content (AvgIpc) is 2.81. The van der Waals surface area contributed by atoms with Crippen LogP contribution in [0.3, 0.4) is 0 Å². The van der Waals surface area contributed by atoms with E-state index in [1.54, 1.807) is 0 Å². The second-order valence-corrected chi connectivity index (χ2v) is 5.25. The number of aromatic carboxylic acids is 1. The molecule has 0 fully saturated rings. The fraction of sp³-hybridized carbons (Fsp3) is 0.286. The quantitative estimate of drug-likeness (QED) is 0.846. The molecule has 1 aromatic heterocycles. The van der Waals surface area contributed by atoms with Gasteiger partial charge < -0.3 is 10.1 Å². The summed E-state index contributed by atoms with van der Waals surface area (Å²) in [5.74, 6) is -0.216. The van der Waals surface area contributed by atoms with E-state index in [1.807, 2.05) is 30.3 Å². The van der Waals surface area contributed by atoms with E-state index in [1.165, 1.54) is 11.8 Å². The minimum Gasteiger partial charge on any atom is -0.476 e. The topological polar surface area (TPSA) is 66.0 Å². The van der Waals surface area contributed by atoms with Gasteiger partial charge in [-0.2, -0.15) is 0 Å². The number of aromatic amines is 1. The summed E-state index contributed by atoms with van der Waals surface area (Å²) in [6.45, 7) is 2.10. The molecule has 5 heteroatoms. The molecule has 100 valence electrons. The lowest BCUT2D eigenvalue weighted by molar-refractivity contribution is 0.0687. The Labute approximate surface area is 116 Å². The molecule has 0 bridgehead atoms. The first-order valence-corrected chi connectivity index (χ1v) is 7.07. The molecule has 0 aliphatic heterocycles. The Morgan fingerprint density at radius 2 is 2.11 bits per heavy atom. The van der Waals surface area contributed by atoms with Gasteiger partial charge in [-0.05, 0) is 18.6 Å². The largest absolute Gasteiger partial charge is 0.476 e. The highest BCUT2D eigenvalue weighted by molar-refractivity contribution is 7.99. The lowest BCUT2D eigenvalue weighted by Crippen LogP contribution is -1.98. The number of aryl methyl sites for hydroxylation is 1. The lowest BCUT2D eigenvalue weighted by atomic mass is 10.2. The van der Waals surface area contributed by atoms with Crippen molar-refractivity contribution in [1.29, 1.82) is 0 Å².